The van der Waals surface area contributed by atoms with Gasteiger partial charge in [-0.05, 0) is 22.4 Å². The SMILES string of the molecule is CCCc1nc(Br)cc(OCCOCCOCCOC)n1. The van der Waals surface area contributed by atoms with E-state index in [1.165, 1.54) is 0 Å². The average molecular weight is 363 g/mol. The molecular weight excluding hydrogens is 340 g/mol. The molecular formula is C14H23BrN2O4. The van der Waals surface area contributed by atoms with Gasteiger partial charge in [0.2, 0.25) is 5.88 Å². The Morgan fingerprint density at radius 2 is 1.67 bits per heavy atom. The fraction of sp³-hybridized carbons (Fsp3) is 0.714. The first-order valence-electron chi connectivity index (χ1n) is 7.07. The molecule has 7 heteroatoms. The second-order valence-corrected chi connectivity index (χ2v) is 5.07. The van der Waals surface area contributed by atoms with E-state index < -0.39 is 0 Å². The van der Waals surface area contributed by atoms with Crippen LogP contribution in [0.4, 0.5) is 0 Å². The summed E-state index contributed by atoms with van der Waals surface area (Å²) in [4.78, 5) is 8.62. The Labute approximate surface area is 134 Å². The highest BCUT2D eigenvalue weighted by Gasteiger charge is 2.03. The molecule has 0 saturated carbocycles. The highest BCUT2D eigenvalue weighted by Crippen LogP contribution is 2.15. The number of aryl methyl sites for hydroxylation is 1. The van der Waals surface area contributed by atoms with Crippen molar-refractivity contribution in [2.45, 2.75) is 19.8 Å². The van der Waals surface area contributed by atoms with Crippen LogP contribution in [0.25, 0.3) is 0 Å². The van der Waals surface area contributed by atoms with Gasteiger partial charge in [-0.25, -0.2) is 4.98 Å². The number of ether oxygens (including phenoxy) is 4. The Kier molecular flexibility index (Phi) is 10.3. The van der Waals surface area contributed by atoms with Crippen LogP contribution in [0.5, 0.6) is 5.88 Å². The lowest BCUT2D eigenvalue weighted by molar-refractivity contribution is 0.0176. The van der Waals surface area contributed by atoms with E-state index in [0.717, 1.165) is 23.3 Å². The zero-order chi connectivity index (χ0) is 15.3. The number of aromatic nitrogens is 2. The van der Waals surface area contributed by atoms with Crippen LogP contribution in [-0.2, 0) is 20.6 Å². The third-order valence-electron chi connectivity index (χ3n) is 2.47. The third-order valence-corrected chi connectivity index (χ3v) is 2.88. The minimum atomic E-state index is 0.451. The van der Waals surface area contributed by atoms with Gasteiger partial charge in [-0.3, -0.25) is 0 Å². The monoisotopic (exact) mass is 362 g/mol. The van der Waals surface area contributed by atoms with E-state index in [1.807, 2.05) is 0 Å². The molecule has 1 aromatic rings. The molecule has 0 bridgehead atoms. The van der Waals surface area contributed by atoms with Crippen LogP contribution in [0, 0.1) is 0 Å². The molecule has 0 radical (unpaired) electrons. The maximum Gasteiger partial charge on any atom is 0.217 e. The van der Waals surface area contributed by atoms with Crippen LogP contribution in [-0.4, -0.2) is 56.7 Å². The standard InChI is InChI=1S/C14H23BrN2O4/c1-3-4-13-16-12(15)11-14(17-13)21-10-9-20-8-7-19-6-5-18-2/h11H,3-10H2,1-2H3. The number of hydrogen-bond donors (Lipinski definition) is 0. The van der Waals surface area contributed by atoms with Crippen molar-refractivity contribution in [3.05, 3.63) is 16.5 Å². The van der Waals surface area contributed by atoms with Crippen molar-refractivity contribution in [1.29, 1.82) is 0 Å². The van der Waals surface area contributed by atoms with Crippen LogP contribution in [0.1, 0.15) is 19.2 Å². The summed E-state index contributed by atoms with van der Waals surface area (Å²) in [5.41, 5.74) is 0. The van der Waals surface area contributed by atoms with E-state index in [-0.39, 0.29) is 0 Å². The first kappa shape index (κ1) is 18.3. The molecule has 0 aliphatic carbocycles. The van der Waals surface area contributed by atoms with Gasteiger partial charge >= 0.3 is 0 Å². The summed E-state index contributed by atoms with van der Waals surface area (Å²) in [6.45, 7) is 5.33. The van der Waals surface area contributed by atoms with Crippen molar-refractivity contribution in [2.24, 2.45) is 0 Å². The molecule has 0 saturated heterocycles. The van der Waals surface area contributed by atoms with E-state index in [2.05, 4.69) is 32.8 Å². The van der Waals surface area contributed by atoms with E-state index >= 15 is 0 Å². The van der Waals surface area contributed by atoms with Crippen LogP contribution >= 0.6 is 15.9 Å². The Morgan fingerprint density at radius 3 is 2.33 bits per heavy atom. The highest BCUT2D eigenvalue weighted by molar-refractivity contribution is 9.10. The van der Waals surface area contributed by atoms with Crippen LogP contribution in [0.2, 0.25) is 0 Å². The first-order chi connectivity index (χ1) is 10.3. The smallest absolute Gasteiger partial charge is 0.217 e. The Bertz CT molecular complexity index is 393. The lowest BCUT2D eigenvalue weighted by Crippen LogP contribution is -2.13. The Morgan fingerprint density at radius 1 is 1.00 bits per heavy atom. The molecule has 0 aliphatic heterocycles. The van der Waals surface area contributed by atoms with Crippen molar-refractivity contribution in [3.63, 3.8) is 0 Å². The summed E-state index contributed by atoms with van der Waals surface area (Å²) in [6, 6.07) is 1.76. The second-order valence-electron chi connectivity index (χ2n) is 4.26. The minimum Gasteiger partial charge on any atom is -0.475 e. The topological polar surface area (TPSA) is 62.7 Å². The molecule has 120 valence electrons. The molecule has 1 aromatic heterocycles. The zero-order valence-corrected chi connectivity index (χ0v) is 14.2. The number of methoxy groups -OCH3 is 1. The molecule has 0 spiro atoms. The van der Waals surface area contributed by atoms with Gasteiger partial charge in [0.1, 0.15) is 17.0 Å². The van der Waals surface area contributed by atoms with Crippen molar-refractivity contribution in [1.82, 2.24) is 9.97 Å². The third kappa shape index (κ3) is 8.98. The first-order valence-corrected chi connectivity index (χ1v) is 7.86. The van der Waals surface area contributed by atoms with Crippen molar-refractivity contribution in [2.75, 3.05) is 46.8 Å². The molecule has 0 amide bonds. The van der Waals surface area contributed by atoms with Crippen molar-refractivity contribution >= 4 is 15.9 Å². The van der Waals surface area contributed by atoms with Crippen LogP contribution in [0.15, 0.2) is 10.7 Å². The van der Waals surface area contributed by atoms with E-state index in [9.17, 15) is 0 Å². The summed E-state index contributed by atoms with van der Waals surface area (Å²) in [5.74, 6) is 1.36. The van der Waals surface area contributed by atoms with Gasteiger partial charge in [-0.1, -0.05) is 6.92 Å². The van der Waals surface area contributed by atoms with Crippen LogP contribution in [0.3, 0.4) is 0 Å². The molecule has 0 fully saturated rings. The molecule has 0 aromatic carbocycles. The minimum absolute atomic E-state index is 0.451. The molecule has 6 nitrogen and oxygen atoms in total. The molecule has 0 N–H and O–H groups in total. The van der Waals surface area contributed by atoms with E-state index in [0.29, 0.717) is 45.5 Å². The quantitative estimate of drug-likeness (QED) is 0.419. The number of rotatable bonds is 12. The average Bonchev–Trinajstić information content (AvgIpc) is 2.45. The summed E-state index contributed by atoms with van der Waals surface area (Å²) in [6.07, 6.45) is 1.84. The summed E-state index contributed by atoms with van der Waals surface area (Å²) in [5, 5.41) is 0. The second kappa shape index (κ2) is 11.9. The molecule has 0 aliphatic rings. The molecule has 1 rings (SSSR count). The maximum atomic E-state index is 5.55. The van der Waals surface area contributed by atoms with Gasteiger partial charge in [0.05, 0.1) is 33.0 Å². The van der Waals surface area contributed by atoms with Crippen molar-refractivity contribution < 1.29 is 18.9 Å². The van der Waals surface area contributed by atoms with Gasteiger partial charge in [-0.15, -0.1) is 0 Å². The lowest BCUT2D eigenvalue weighted by Gasteiger charge is -2.08. The normalized spacial score (nSPS) is 10.8. The number of nitrogens with zero attached hydrogens (tertiary/aromatic N) is 2. The van der Waals surface area contributed by atoms with Crippen molar-refractivity contribution in [3.8, 4) is 5.88 Å². The zero-order valence-electron chi connectivity index (χ0n) is 12.6. The Balaban J connectivity index is 2.12. The highest BCUT2D eigenvalue weighted by atomic mass is 79.9. The number of hydrogen-bond acceptors (Lipinski definition) is 6. The van der Waals surface area contributed by atoms with Gasteiger partial charge in [-0.2, -0.15) is 4.98 Å². The summed E-state index contributed by atoms with van der Waals surface area (Å²) in [7, 11) is 1.65. The van der Waals surface area contributed by atoms with Gasteiger partial charge in [0, 0.05) is 19.6 Å². The fourth-order valence-corrected chi connectivity index (χ4v) is 1.92. The largest absolute Gasteiger partial charge is 0.475 e. The number of halogens is 1. The lowest BCUT2D eigenvalue weighted by atomic mass is 10.3. The Hall–Kier alpha value is -0.760. The van der Waals surface area contributed by atoms with E-state index in [4.69, 9.17) is 18.9 Å². The van der Waals surface area contributed by atoms with Gasteiger partial charge in [0.15, 0.2) is 0 Å². The fourth-order valence-electron chi connectivity index (χ4n) is 1.52. The predicted octanol–water partition coefficient (Wildman–Crippen LogP) is 2.25. The summed E-state index contributed by atoms with van der Waals surface area (Å²) < 4.78 is 21.8. The van der Waals surface area contributed by atoms with E-state index in [1.54, 1.807) is 13.2 Å². The molecule has 1 heterocycles. The molecule has 0 unspecified atom stereocenters. The summed E-state index contributed by atoms with van der Waals surface area (Å²) >= 11 is 3.36. The predicted molar refractivity (Wildman–Crippen MR) is 82.7 cm³/mol. The van der Waals surface area contributed by atoms with Crippen LogP contribution < -0.4 is 4.74 Å². The molecule has 0 atom stereocenters. The van der Waals surface area contributed by atoms with Gasteiger partial charge < -0.3 is 18.9 Å². The maximum absolute atomic E-state index is 5.55. The molecule has 21 heavy (non-hydrogen) atoms. The van der Waals surface area contributed by atoms with Gasteiger partial charge in [0.25, 0.3) is 0 Å².